The zero-order valence-corrected chi connectivity index (χ0v) is 23.8. The van der Waals surface area contributed by atoms with Crippen LogP contribution < -0.4 is 16.0 Å². The van der Waals surface area contributed by atoms with Gasteiger partial charge in [0.25, 0.3) is 0 Å². The maximum Gasteiger partial charge on any atom is 0.407 e. The van der Waals surface area contributed by atoms with Gasteiger partial charge in [-0.15, -0.1) is 0 Å². The number of hydrogen-bond donors (Lipinski definition) is 5. The fraction of sp³-hybridized carbons (Fsp3) is 0.571. The third-order valence-corrected chi connectivity index (χ3v) is 6.61. The highest BCUT2D eigenvalue weighted by molar-refractivity contribution is 5.87. The van der Waals surface area contributed by atoms with Gasteiger partial charge in [0.1, 0.15) is 19.3 Å². The molecule has 1 aliphatic carbocycles. The first-order valence-corrected chi connectivity index (χ1v) is 13.0. The van der Waals surface area contributed by atoms with Crippen LogP contribution in [0.4, 0.5) is 9.59 Å². The van der Waals surface area contributed by atoms with Gasteiger partial charge in [-0.05, 0) is 54.7 Å². The van der Waals surface area contributed by atoms with Crippen molar-refractivity contribution in [3.63, 3.8) is 0 Å². The largest absolute Gasteiger partial charge is 0.504 e. The Morgan fingerprint density at radius 1 is 1.07 bits per heavy atom. The molecule has 0 aliphatic heterocycles. The maximum atomic E-state index is 12.9. The molecule has 5 N–H and O–H groups in total. The van der Waals surface area contributed by atoms with Gasteiger partial charge in [0.15, 0.2) is 11.5 Å². The molecule has 2 rings (SSSR count). The van der Waals surface area contributed by atoms with Gasteiger partial charge in [-0.25, -0.2) is 19.2 Å². The lowest BCUT2D eigenvalue weighted by molar-refractivity contribution is -0.143. The van der Waals surface area contributed by atoms with Crippen LogP contribution in [0.1, 0.15) is 52.5 Å². The number of aromatic hydroxyl groups is 2. The number of methoxy groups -OCH3 is 1. The molecule has 0 saturated heterocycles. The molecular formula is C28H41N3O9. The SMILES string of the molecule is C=C(C)C(=O)OCCOC(=O)NCC1(C)CC(NC(=O)NC(Cc2ccc(O)c(O)c2)C(=O)OC)CC(C)(C)C1. The summed E-state index contributed by atoms with van der Waals surface area (Å²) in [5.74, 6) is -1.84. The lowest BCUT2D eigenvalue weighted by atomic mass is 9.62. The van der Waals surface area contributed by atoms with E-state index in [-0.39, 0.29) is 53.6 Å². The van der Waals surface area contributed by atoms with Gasteiger partial charge in [0.2, 0.25) is 0 Å². The molecule has 1 fully saturated rings. The monoisotopic (exact) mass is 563 g/mol. The molecule has 0 heterocycles. The molecule has 12 nitrogen and oxygen atoms in total. The molecule has 3 amide bonds. The highest BCUT2D eigenvalue weighted by Crippen LogP contribution is 2.45. The molecule has 1 aromatic rings. The lowest BCUT2D eigenvalue weighted by Gasteiger charge is -2.46. The minimum Gasteiger partial charge on any atom is -0.504 e. The van der Waals surface area contributed by atoms with E-state index in [2.05, 4.69) is 36.4 Å². The summed E-state index contributed by atoms with van der Waals surface area (Å²) in [4.78, 5) is 48.9. The molecule has 1 saturated carbocycles. The van der Waals surface area contributed by atoms with Crippen molar-refractivity contribution in [2.24, 2.45) is 10.8 Å². The van der Waals surface area contributed by atoms with Crippen LogP contribution in [-0.2, 0) is 30.2 Å². The number of ether oxygens (including phenoxy) is 3. The van der Waals surface area contributed by atoms with Crippen LogP contribution in [0.5, 0.6) is 11.5 Å². The van der Waals surface area contributed by atoms with Crippen molar-refractivity contribution in [3.05, 3.63) is 35.9 Å². The fourth-order valence-electron chi connectivity index (χ4n) is 5.25. The van der Waals surface area contributed by atoms with E-state index in [0.717, 1.165) is 6.42 Å². The average Bonchev–Trinajstić information content (AvgIpc) is 2.85. The molecule has 1 aliphatic rings. The Balaban J connectivity index is 1.94. The van der Waals surface area contributed by atoms with Crippen molar-refractivity contribution >= 4 is 24.1 Å². The van der Waals surface area contributed by atoms with E-state index in [1.807, 2.05) is 6.92 Å². The summed E-state index contributed by atoms with van der Waals surface area (Å²) in [5, 5.41) is 27.6. The van der Waals surface area contributed by atoms with Crippen LogP contribution in [0, 0.1) is 10.8 Å². The Morgan fingerprint density at radius 3 is 2.38 bits per heavy atom. The summed E-state index contributed by atoms with van der Waals surface area (Å²) < 4.78 is 14.8. The van der Waals surface area contributed by atoms with Crippen LogP contribution in [-0.4, -0.2) is 73.2 Å². The summed E-state index contributed by atoms with van der Waals surface area (Å²) in [6.45, 7) is 11.3. The van der Waals surface area contributed by atoms with E-state index in [9.17, 15) is 29.4 Å². The Labute approximate surface area is 234 Å². The van der Waals surface area contributed by atoms with E-state index in [1.165, 1.54) is 32.2 Å². The third kappa shape index (κ3) is 10.3. The number of hydrogen-bond acceptors (Lipinski definition) is 9. The Bertz CT molecular complexity index is 1100. The van der Waals surface area contributed by atoms with Crippen molar-refractivity contribution in [1.29, 1.82) is 0 Å². The molecule has 40 heavy (non-hydrogen) atoms. The van der Waals surface area contributed by atoms with E-state index in [1.54, 1.807) is 0 Å². The van der Waals surface area contributed by atoms with Gasteiger partial charge >= 0.3 is 24.1 Å². The van der Waals surface area contributed by atoms with Gasteiger partial charge in [-0.2, -0.15) is 0 Å². The highest BCUT2D eigenvalue weighted by atomic mass is 16.6. The second kappa shape index (κ2) is 13.9. The van der Waals surface area contributed by atoms with Crippen molar-refractivity contribution < 1.29 is 43.6 Å². The number of carbonyl (C=O) groups is 4. The Morgan fingerprint density at radius 2 is 1.75 bits per heavy atom. The van der Waals surface area contributed by atoms with Crippen molar-refractivity contribution in [3.8, 4) is 11.5 Å². The second-order valence-electron chi connectivity index (χ2n) is 11.4. The predicted octanol–water partition coefficient (Wildman–Crippen LogP) is 2.91. The number of urea groups is 1. The quantitative estimate of drug-likeness (QED) is 0.0892. The topological polar surface area (TPSA) is 173 Å². The van der Waals surface area contributed by atoms with Gasteiger partial charge in [0, 0.05) is 24.6 Å². The molecular weight excluding hydrogens is 522 g/mol. The number of amides is 3. The number of esters is 2. The number of carbonyl (C=O) groups excluding carboxylic acids is 4. The van der Waals surface area contributed by atoms with Gasteiger partial charge in [0.05, 0.1) is 7.11 Å². The summed E-state index contributed by atoms with van der Waals surface area (Å²) in [6, 6.07) is 2.32. The molecule has 222 valence electrons. The number of alkyl carbamates (subject to hydrolysis) is 1. The first kappa shape index (κ1) is 32.3. The number of nitrogens with one attached hydrogen (secondary N) is 3. The van der Waals surface area contributed by atoms with Crippen LogP contribution in [0.2, 0.25) is 0 Å². The van der Waals surface area contributed by atoms with Crippen LogP contribution in [0.25, 0.3) is 0 Å². The smallest absolute Gasteiger partial charge is 0.407 e. The molecule has 0 bridgehead atoms. The van der Waals surface area contributed by atoms with Crippen molar-refractivity contribution in [2.75, 3.05) is 26.9 Å². The number of benzene rings is 1. The fourth-order valence-corrected chi connectivity index (χ4v) is 5.25. The van der Waals surface area contributed by atoms with Crippen LogP contribution >= 0.6 is 0 Å². The zero-order chi connectivity index (χ0) is 30.1. The zero-order valence-electron chi connectivity index (χ0n) is 23.8. The van der Waals surface area contributed by atoms with E-state index in [0.29, 0.717) is 24.9 Å². The highest BCUT2D eigenvalue weighted by Gasteiger charge is 2.42. The second-order valence-corrected chi connectivity index (χ2v) is 11.4. The van der Waals surface area contributed by atoms with Crippen molar-refractivity contribution in [1.82, 2.24) is 16.0 Å². The summed E-state index contributed by atoms with van der Waals surface area (Å²) in [6.07, 6.45) is 1.43. The Hall–Kier alpha value is -3.96. The van der Waals surface area contributed by atoms with Crippen LogP contribution in [0.3, 0.4) is 0 Å². The number of rotatable bonds is 11. The predicted molar refractivity (Wildman–Crippen MR) is 146 cm³/mol. The molecule has 3 atom stereocenters. The molecule has 0 spiro atoms. The van der Waals surface area contributed by atoms with E-state index >= 15 is 0 Å². The average molecular weight is 564 g/mol. The van der Waals surface area contributed by atoms with Gasteiger partial charge in [-0.3, -0.25) is 0 Å². The first-order chi connectivity index (χ1) is 18.6. The standard InChI is InChI=1S/C28H41N3O9/c1-17(2)23(34)39-9-10-40-26(37)29-16-28(5)14-19(13-27(3,4)15-28)30-25(36)31-20(24(35)38-6)11-18-7-8-21(32)22(33)12-18/h7-8,12,19-20,32-33H,1,9-11,13-16H2,2-6H3,(H,29,37)(H2,30,31,36). The molecule has 3 unspecified atom stereocenters. The molecule has 1 aromatic carbocycles. The number of phenolic OH excluding ortho intramolecular Hbond substituents is 2. The normalized spacial score (nSPS) is 20.4. The van der Waals surface area contributed by atoms with Crippen LogP contribution in [0.15, 0.2) is 30.4 Å². The summed E-state index contributed by atoms with van der Waals surface area (Å²) in [5.41, 5.74) is 0.256. The summed E-state index contributed by atoms with van der Waals surface area (Å²) >= 11 is 0. The van der Waals surface area contributed by atoms with Crippen molar-refractivity contribution in [2.45, 2.75) is 65.5 Å². The third-order valence-electron chi connectivity index (χ3n) is 6.61. The molecule has 0 aromatic heterocycles. The lowest BCUT2D eigenvalue weighted by Crippen LogP contribution is -2.54. The minimum absolute atomic E-state index is 0.0419. The Kier molecular flexibility index (Phi) is 11.2. The molecule has 12 heteroatoms. The summed E-state index contributed by atoms with van der Waals surface area (Å²) in [7, 11) is 1.21. The van der Waals surface area contributed by atoms with Gasteiger partial charge in [-0.1, -0.05) is 33.4 Å². The van der Waals surface area contributed by atoms with E-state index < -0.39 is 30.1 Å². The van der Waals surface area contributed by atoms with E-state index in [4.69, 9.17) is 14.2 Å². The minimum atomic E-state index is -1.02. The number of phenols is 2. The maximum absolute atomic E-state index is 12.9. The molecule has 0 radical (unpaired) electrons. The first-order valence-electron chi connectivity index (χ1n) is 13.0. The van der Waals surface area contributed by atoms with Gasteiger partial charge < -0.3 is 40.4 Å².